The summed E-state index contributed by atoms with van der Waals surface area (Å²) in [5.74, 6) is 0.390. The third-order valence-electron chi connectivity index (χ3n) is 3.72. The van der Waals surface area contributed by atoms with Gasteiger partial charge in [-0.05, 0) is 31.9 Å². The topological polar surface area (TPSA) is 96.6 Å². The Hall–Kier alpha value is -1.60. The Balaban J connectivity index is 1.78. The lowest BCUT2D eigenvalue weighted by Crippen LogP contribution is -2.39. The molecule has 0 radical (unpaired) electrons. The Morgan fingerprint density at radius 1 is 1.27 bits per heavy atom. The largest absolute Gasteiger partial charge is 0.370 e. The number of guanidine groups is 1. The molecule has 0 saturated heterocycles. The summed E-state index contributed by atoms with van der Waals surface area (Å²) < 4.78 is 26.6. The van der Waals surface area contributed by atoms with E-state index in [4.69, 9.17) is 5.73 Å². The van der Waals surface area contributed by atoms with Crippen LogP contribution in [0.5, 0.6) is 0 Å². The van der Waals surface area contributed by atoms with E-state index in [2.05, 4.69) is 15.0 Å². The van der Waals surface area contributed by atoms with E-state index in [-0.39, 0.29) is 11.4 Å². The van der Waals surface area contributed by atoms with Gasteiger partial charge in [-0.1, -0.05) is 30.5 Å². The Bertz CT molecular complexity index is 605. The first-order chi connectivity index (χ1) is 10.5. The third-order valence-corrected chi connectivity index (χ3v) is 5.20. The fourth-order valence-corrected chi connectivity index (χ4v) is 3.50. The monoisotopic (exact) mass is 324 g/mol. The number of nitrogens with zero attached hydrogens (tertiary/aromatic N) is 1. The highest BCUT2D eigenvalue weighted by Gasteiger charge is 2.15. The van der Waals surface area contributed by atoms with Gasteiger partial charge in [0.25, 0.3) is 0 Å². The number of hydrogen-bond acceptors (Lipinski definition) is 3. The minimum Gasteiger partial charge on any atom is -0.370 e. The Labute approximate surface area is 132 Å². The molecule has 7 heteroatoms. The van der Waals surface area contributed by atoms with Crippen molar-refractivity contribution >= 4 is 16.0 Å². The van der Waals surface area contributed by atoms with Crippen molar-refractivity contribution in [3.8, 4) is 0 Å². The van der Waals surface area contributed by atoms with Gasteiger partial charge in [-0.25, -0.2) is 13.1 Å². The lowest BCUT2D eigenvalue weighted by atomic mass is 10.2. The quantitative estimate of drug-likeness (QED) is 0.415. The molecule has 6 nitrogen and oxygen atoms in total. The molecule has 22 heavy (non-hydrogen) atoms. The van der Waals surface area contributed by atoms with E-state index >= 15 is 0 Å². The molecule has 1 aromatic carbocycles. The second-order valence-electron chi connectivity index (χ2n) is 5.60. The van der Waals surface area contributed by atoms with Crippen LogP contribution in [0.2, 0.25) is 0 Å². The van der Waals surface area contributed by atoms with Gasteiger partial charge in [-0.15, -0.1) is 0 Å². The molecule has 0 bridgehead atoms. The smallest absolute Gasteiger partial charge is 0.240 e. The molecule has 2 rings (SSSR count). The van der Waals surface area contributed by atoms with Gasteiger partial charge in [0, 0.05) is 12.6 Å². The van der Waals surface area contributed by atoms with Crippen molar-refractivity contribution in [2.45, 2.75) is 43.5 Å². The summed E-state index contributed by atoms with van der Waals surface area (Å²) in [6.07, 6.45) is 4.69. The second kappa shape index (κ2) is 7.60. The van der Waals surface area contributed by atoms with Gasteiger partial charge in [0.1, 0.15) is 0 Å². The number of nitrogens with one attached hydrogen (secondary N) is 2. The average molecular weight is 324 g/mol. The highest BCUT2D eigenvalue weighted by Crippen LogP contribution is 2.17. The molecule has 1 aromatic rings. The summed E-state index contributed by atoms with van der Waals surface area (Å²) in [4.78, 5) is 4.42. The number of rotatable bonds is 6. The molecule has 0 atom stereocenters. The average Bonchev–Trinajstić information content (AvgIpc) is 2.97. The van der Waals surface area contributed by atoms with Crippen molar-refractivity contribution in [3.05, 3.63) is 29.8 Å². The fourth-order valence-electron chi connectivity index (χ4n) is 2.48. The molecular formula is C15H24N4O2S. The van der Waals surface area contributed by atoms with Gasteiger partial charge < -0.3 is 11.1 Å². The Kier molecular flexibility index (Phi) is 5.79. The lowest BCUT2D eigenvalue weighted by Gasteiger charge is -2.12. The molecule has 4 N–H and O–H groups in total. The minimum atomic E-state index is -3.48. The van der Waals surface area contributed by atoms with Crippen LogP contribution < -0.4 is 15.8 Å². The normalized spacial score (nSPS) is 16.9. The standard InChI is InChI=1S/C15H24N4O2S/c1-12-6-8-14(9-7-12)22(20,21)18-11-10-17-15(16)19-13-4-2-3-5-13/h6-9,13,18H,2-5,10-11H2,1H3,(H3,16,17,19). The first kappa shape index (κ1) is 16.8. The van der Waals surface area contributed by atoms with E-state index in [1.165, 1.54) is 12.8 Å². The van der Waals surface area contributed by atoms with Crippen molar-refractivity contribution in [1.29, 1.82) is 0 Å². The summed E-state index contributed by atoms with van der Waals surface area (Å²) in [7, 11) is -3.48. The number of sulfonamides is 1. The van der Waals surface area contributed by atoms with Crippen molar-refractivity contribution in [3.63, 3.8) is 0 Å². The number of hydrogen-bond donors (Lipinski definition) is 3. The Morgan fingerprint density at radius 2 is 1.91 bits per heavy atom. The van der Waals surface area contributed by atoms with Crippen LogP contribution in [0.3, 0.4) is 0 Å². The summed E-state index contributed by atoms with van der Waals surface area (Å²) in [5, 5.41) is 3.16. The van der Waals surface area contributed by atoms with Crippen LogP contribution in [0, 0.1) is 6.92 Å². The molecule has 0 unspecified atom stereocenters. The SMILES string of the molecule is Cc1ccc(S(=O)(=O)NCCN=C(N)NC2CCCC2)cc1. The van der Waals surface area contributed by atoms with E-state index in [1.54, 1.807) is 24.3 Å². The van der Waals surface area contributed by atoms with Gasteiger partial charge >= 0.3 is 0 Å². The fraction of sp³-hybridized carbons (Fsp3) is 0.533. The van der Waals surface area contributed by atoms with Gasteiger partial charge in [0.15, 0.2) is 5.96 Å². The van der Waals surface area contributed by atoms with Crippen LogP contribution in [-0.2, 0) is 10.0 Å². The molecule has 1 aliphatic rings. The molecule has 0 aromatic heterocycles. The first-order valence-corrected chi connectivity index (χ1v) is 9.08. The predicted octanol–water partition coefficient (Wildman–Crippen LogP) is 1.12. The first-order valence-electron chi connectivity index (χ1n) is 7.60. The minimum absolute atomic E-state index is 0.225. The predicted molar refractivity (Wildman–Crippen MR) is 88.2 cm³/mol. The van der Waals surface area contributed by atoms with E-state index in [0.717, 1.165) is 18.4 Å². The van der Waals surface area contributed by atoms with Crippen molar-refractivity contribution in [2.75, 3.05) is 13.1 Å². The summed E-state index contributed by atoms with van der Waals surface area (Å²) in [6, 6.07) is 7.15. The molecule has 0 amide bonds. The van der Waals surface area contributed by atoms with Crippen LogP contribution >= 0.6 is 0 Å². The maximum absolute atomic E-state index is 12.1. The molecule has 1 fully saturated rings. The number of benzene rings is 1. The maximum atomic E-state index is 12.1. The zero-order chi connectivity index (χ0) is 16.0. The van der Waals surface area contributed by atoms with Crippen molar-refractivity contribution < 1.29 is 8.42 Å². The number of nitrogens with two attached hydrogens (primary N) is 1. The summed E-state index contributed by atoms with van der Waals surface area (Å²) in [6.45, 7) is 2.46. The molecule has 0 heterocycles. The van der Waals surface area contributed by atoms with Gasteiger partial charge in [-0.2, -0.15) is 0 Å². The van der Waals surface area contributed by atoms with E-state index in [1.807, 2.05) is 6.92 Å². The van der Waals surface area contributed by atoms with Crippen LogP contribution in [0.15, 0.2) is 34.2 Å². The molecule has 122 valence electrons. The number of aryl methyl sites for hydroxylation is 1. The molecule has 1 aliphatic carbocycles. The third kappa shape index (κ3) is 4.99. The summed E-state index contributed by atoms with van der Waals surface area (Å²) in [5.41, 5.74) is 6.82. The van der Waals surface area contributed by atoms with Crippen LogP contribution in [0.25, 0.3) is 0 Å². The van der Waals surface area contributed by atoms with Crippen molar-refractivity contribution in [1.82, 2.24) is 10.0 Å². The highest BCUT2D eigenvalue weighted by atomic mass is 32.2. The molecule has 1 saturated carbocycles. The van der Waals surface area contributed by atoms with Crippen LogP contribution in [0.1, 0.15) is 31.2 Å². The maximum Gasteiger partial charge on any atom is 0.240 e. The summed E-state index contributed by atoms with van der Waals surface area (Å²) >= 11 is 0. The van der Waals surface area contributed by atoms with Gasteiger partial charge in [0.05, 0.1) is 11.4 Å². The highest BCUT2D eigenvalue weighted by molar-refractivity contribution is 7.89. The second-order valence-corrected chi connectivity index (χ2v) is 7.37. The van der Waals surface area contributed by atoms with Gasteiger partial charge in [-0.3, -0.25) is 4.99 Å². The zero-order valence-electron chi connectivity index (χ0n) is 12.9. The van der Waals surface area contributed by atoms with Crippen LogP contribution in [0.4, 0.5) is 0 Å². The Morgan fingerprint density at radius 3 is 2.55 bits per heavy atom. The van der Waals surface area contributed by atoms with E-state index in [0.29, 0.717) is 18.5 Å². The molecule has 0 spiro atoms. The van der Waals surface area contributed by atoms with Crippen molar-refractivity contribution in [2.24, 2.45) is 10.7 Å². The lowest BCUT2D eigenvalue weighted by molar-refractivity contribution is 0.581. The number of aliphatic imine (C=N–C) groups is 1. The van der Waals surface area contributed by atoms with Crippen LogP contribution in [-0.4, -0.2) is 33.5 Å². The van der Waals surface area contributed by atoms with E-state index in [9.17, 15) is 8.42 Å². The zero-order valence-corrected chi connectivity index (χ0v) is 13.7. The van der Waals surface area contributed by atoms with E-state index < -0.39 is 10.0 Å². The molecular weight excluding hydrogens is 300 g/mol. The molecule has 0 aliphatic heterocycles. The van der Waals surface area contributed by atoms with Gasteiger partial charge in [0.2, 0.25) is 10.0 Å².